The van der Waals surface area contributed by atoms with Crippen LogP contribution in [0, 0.1) is 5.82 Å². The Hall–Kier alpha value is -1.42. The quantitative estimate of drug-likeness (QED) is 0.698. The van der Waals surface area contributed by atoms with Crippen LogP contribution in [0.1, 0.15) is 44.2 Å². The van der Waals surface area contributed by atoms with E-state index in [4.69, 9.17) is 5.73 Å². The van der Waals surface area contributed by atoms with Crippen molar-refractivity contribution < 1.29 is 9.18 Å². The van der Waals surface area contributed by atoms with E-state index in [1.807, 2.05) is 13.0 Å². The maximum absolute atomic E-state index is 13.6. The predicted molar refractivity (Wildman–Crippen MR) is 70.5 cm³/mol. The third-order valence-electron chi connectivity index (χ3n) is 2.93. The van der Waals surface area contributed by atoms with Crippen molar-refractivity contribution >= 4 is 5.91 Å². The highest BCUT2D eigenvalue weighted by atomic mass is 19.1. The van der Waals surface area contributed by atoms with Crippen molar-refractivity contribution in [3.63, 3.8) is 0 Å². The molecule has 0 fully saturated rings. The first-order chi connectivity index (χ1) is 8.65. The molecular weight excluding hydrogens is 231 g/mol. The second kappa shape index (κ2) is 7.82. The molecule has 0 spiro atoms. The number of primary amides is 1. The van der Waals surface area contributed by atoms with E-state index < -0.39 is 0 Å². The number of nitrogens with two attached hydrogens (primary N) is 1. The fourth-order valence-electron chi connectivity index (χ4n) is 1.93. The number of nitrogens with one attached hydrogen (secondary N) is 1. The van der Waals surface area contributed by atoms with E-state index in [0.29, 0.717) is 12.0 Å². The van der Waals surface area contributed by atoms with Gasteiger partial charge in [-0.2, -0.15) is 0 Å². The van der Waals surface area contributed by atoms with Gasteiger partial charge in [0.25, 0.3) is 0 Å². The van der Waals surface area contributed by atoms with Crippen LogP contribution < -0.4 is 11.1 Å². The van der Waals surface area contributed by atoms with Crippen LogP contribution in [-0.2, 0) is 4.79 Å². The third-order valence-corrected chi connectivity index (χ3v) is 2.93. The fourth-order valence-corrected chi connectivity index (χ4v) is 1.93. The minimum absolute atomic E-state index is 0.0276. The lowest BCUT2D eigenvalue weighted by atomic mass is 10.0. The highest BCUT2D eigenvalue weighted by Gasteiger charge is 2.12. The zero-order valence-electron chi connectivity index (χ0n) is 10.8. The van der Waals surface area contributed by atoms with E-state index in [-0.39, 0.29) is 17.8 Å². The number of amides is 1. The number of unbranched alkanes of at least 4 members (excludes halogenated alkanes) is 1. The molecule has 100 valence electrons. The molecule has 4 heteroatoms. The molecule has 18 heavy (non-hydrogen) atoms. The molecule has 1 aromatic carbocycles. The van der Waals surface area contributed by atoms with E-state index in [2.05, 4.69) is 5.32 Å². The van der Waals surface area contributed by atoms with Gasteiger partial charge in [-0.25, -0.2) is 4.39 Å². The van der Waals surface area contributed by atoms with E-state index in [9.17, 15) is 9.18 Å². The summed E-state index contributed by atoms with van der Waals surface area (Å²) in [7, 11) is 0. The number of benzene rings is 1. The first-order valence-electron chi connectivity index (χ1n) is 6.41. The molecule has 1 rings (SSSR count). The molecular formula is C14H21FN2O. The molecule has 0 aliphatic heterocycles. The molecule has 3 nitrogen and oxygen atoms in total. The van der Waals surface area contributed by atoms with Gasteiger partial charge in [0, 0.05) is 18.0 Å². The van der Waals surface area contributed by atoms with E-state index in [1.165, 1.54) is 6.07 Å². The van der Waals surface area contributed by atoms with E-state index >= 15 is 0 Å². The van der Waals surface area contributed by atoms with Gasteiger partial charge in [-0.15, -0.1) is 0 Å². The third kappa shape index (κ3) is 4.84. The van der Waals surface area contributed by atoms with Crippen LogP contribution >= 0.6 is 0 Å². The number of rotatable bonds is 8. The molecule has 0 radical (unpaired) electrons. The summed E-state index contributed by atoms with van der Waals surface area (Å²) < 4.78 is 13.6. The molecule has 1 aromatic rings. The standard InChI is InChI=1S/C14H21FN2O/c1-2-13(11-7-3-4-8-12(11)15)17-10-6-5-9-14(16)18/h3-4,7-8,13,17H,2,5-6,9-10H2,1H3,(H2,16,18). The largest absolute Gasteiger partial charge is 0.370 e. The Balaban J connectivity index is 2.39. The maximum atomic E-state index is 13.6. The number of carbonyl (C=O) groups is 1. The second-order valence-electron chi connectivity index (χ2n) is 4.36. The van der Waals surface area contributed by atoms with Gasteiger partial charge in [-0.1, -0.05) is 25.1 Å². The SMILES string of the molecule is CCC(NCCCCC(N)=O)c1ccccc1F. The Morgan fingerprint density at radius 2 is 2.11 bits per heavy atom. The summed E-state index contributed by atoms with van der Waals surface area (Å²) >= 11 is 0. The van der Waals surface area contributed by atoms with Gasteiger partial charge < -0.3 is 11.1 Å². The lowest BCUT2D eigenvalue weighted by Gasteiger charge is -2.17. The number of hydrogen-bond acceptors (Lipinski definition) is 2. The normalized spacial score (nSPS) is 12.3. The number of hydrogen-bond donors (Lipinski definition) is 2. The highest BCUT2D eigenvalue weighted by molar-refractivity contribution is 5.73. The van der Waals surface area contributed by atoms with Gasteiger partial charge in [0.2, 0.25) is 5.91 Å². The minimum atomic E-state index is -0.267. The average Bonchev–Trinajstić information content (AvgIpc) is 2.35. The topological polar surface area (TPSA) is 55.1 Å². The van der Waals surface area contributed by atoms with Crippen molar-refractivity contribution in [3.05, 3.63) is 35.6 Å². The number of carbonyl (C=O) groups excluding carboxylic acids is 1. The predicted octanol–water partition coefficient (Wildman–Crippen LogP) is 2.52. The van der Waals surface area contributed by atoms with Crippen molar-refractivity contribution in [1.29, 1.82) is 0 Å². The maximum Gasteiger partial charge on any atom is 0.217 e. The summed E-state index contributed by atoms with van der Waals surface area (Å²) in [6.07, 6.45) is 2.89. The summed E-state index contributed by atoms with van der Waals surface area (Å²) in [5, 5.41) is 3.31. The van der Waals surface area contributed by atoms with Gasteiger partial charge >= 0.3 is 0 Å². The zero-order valence-corrected chi connectivity index (χ0v) is 10.8. The number of halogens is 1. The van der Waals surface area contributed by atoms with Crippen molar-refractivity contribution in [2.45, 2.75) is 38.6 Å². The average molecular weight is 252 g/mol. The molecule has 1 atom stereocenters. The molecule has 0 bridgehead atoms. The van der Waals surface area contributed by atoms with Crippen molar-refractivity contribution in [2.75, 3.05) is 6.54 Å². The van der Waals surface area contributed by atoms with Crippen molar-refractivity contribution in [3.8, 4) is 0 Å². The minimum Gasteiger partial charge on any atom is -0.370 e. The second-order valence-corrected chi connectivity index (χ2v) is 4.36. The van der Waals surface area contributed by atoms with Gasteiger partial charge in [-0.05, 0) is 31.9 Å². The molecule has 1 amide bonds. The summed E-state index contributed by atoms with van der Waals surface area (Å²) in [6, 6.07) is 6.85. The summed E-state index contributed by atoms with van der Waals surface area (Å²) in [4.78, 5) is 10.6. The van der Waals surface area contributed by atoms with Crippen LogP contribution in [0.15, 0.2) is 24.3 Å². The molecule has 3 N–H and O–H groups in total. The van der Waals surface area contributed by atoms with Gasteiger partial charge in [0.1, 0.15) is 5.82 Å². The molecule has 0 saturated carbocycles. The summed E-state index contributed by atoms with van der Waals surface area (Å²) in [5.41, 5.74) is 5.77. The van der Waals surface area contributed by atoms with E-state index in [1.54, 1.807) is 12.1 Å². The Morgan fingerprint density at radius 1 is 1.39 bits per heavy atom. The Bertz CT molecular complexity index is 382. The molecule has 0 aromatic heterocycles. The van der Waals surface area contributed by atoms with Crippen molar-refractivity contribution in [2.24, 2.45) is 5.73 Å². The zero-order chi connectivity index (χ0) is 13.4. The Kier molecular flexibility index (Phi) is 6.36. The first kappa shape index (κ1) is 14.6. The van der Waals surface area contributed by atoms with E-state index in [0.717, 1.165) is 25.8 Å². The summed E-state index contributed by atoms with van der Waals surface area (Å²) in [6.45, 7) is 2.79. The lowest BCUT2D eigenvalue weighted by molar-refractivity contribution is -0.118. The van der Waals surface area contributed by atoms with Crippen LogP contribution in [0.2, 0.25) is 0 Å². The van der Waals surface area contributed by atoms with Crippen LogP contribution in [0.25, 0.3) is 0 Å². The molecule has 0 saturated heterocycles. The Morgan fingerprint density at radius 3 is 2.72 bits per heavy atom. The van der Waals surface area contributed by atoms with Crippen molar-refractivity contribution in [1.82, 2.24) is 5.32 Å². The highest BCUT2D eigenvalue weighted by Crippen LogP contribution is 2.19. The lowest BCUT2D eigenvalue weighted by Crippen LogP contribution is -2.23. The van der Waals surface area contributed by atoms with Crippen LogP contribution in [-0.4, -0.2) is 12.5 Å². The fraction of sp³-hybridized carbons (Fsp3) is 0.500. The molecule has 0 aliphatic carbocycles. The first-order valence-corrected chi connectivity index (χ1v) is 6.41. The Labute approximate surface area is 108 Å². The van der Waals surface area contributed by atoms with Gasteiger partial charge in [0.15, 0.2) is 0 Å². The molecule has 0 aliphatic rings. The van der Waals surface area contributed by atoms with Crippen LogP contribution in [0.5, 0.6) is 0 Å². The van der Waals surface area contributed by atoms with Gasteiger partial charge in [-0.3, -0.25) is 4.79 Å². The monoisotopic (exact) mass is 252 g/mol. The van der Waals surface area contributed by atoms with Gasteiger partial charge in [0.05, 0.1) is 0 Å². The van der Waals surface area contributed by atoms with Crippen LogP contribution in [0.4, 0.5) is 4.39 Å². The van der Waals surface area contributed by atoms with Crippen LogP contribution in [0.3, 0.4) is 0 Å². The summed E-state index contributed by atoms with van der Waals surface area (Å²) in [5.74, 6) is -0.440. The molecule has 1 unspecified atom stereocenters. The molecule has 0 heterocycles. The smallest absolute Gasteiger partial charge is 0.217 e.